The highest BCUT2D eigenvalue weighted by Crippen LogP contribution is 2.33. The van der Waals surface area contributed by atoms with Crippen molar-refractivity contribution in [3.05, 3.63) is 75.6 Å². The molecule has 0 bridgehead atoms. The van der Waals surface area contributed by atoms with Crippen LogP contribution in [0.5, 0.6) is 0 Å². The van der Waals surface area contributed by atoms with Gasteiger partial charge in [0.25, 0.3) is 0 Å². The molecule has 8 heteroatoms. The Bertz CT molecular complexity index is 839. The first kappa shape index (κ1) is 20.4. The maximum absolute atomic E-state index is 12.2. The Morgan fingerprint density at radius 1 is 1.19 bits per heavy atom. The van der Waals surface area contributed by atoms with Gasteiger partial charge in [0.15, 0.2) is 0 Å². The largest absolute Gasteiger partial charge is 0.508 e. The fraction of sp³-hybridized carbons (Fsp3) is 0.167. The van der Waals surface area contributed by atoms with Gasteiger partial charge in [-0.15, -0.1) is 10.2 Å². The fourth-order valence-electron chi connectivity index (χ4n) is 1.94. The number of carbonyl (C=O) groups is 1. The molecule has 1 atom stereocenters. The Hall–Kier alpha value is -1.89. The van der Waals surface area contributed by atoms with Crippen molar-refractivity contribution < 1.29 is 14.6 Å². The van der Waals surface area contributed by atoms with Crippen LogP contribution < -0.4 is 0 Å². The van der Waals surface area contributed by atoms with E-state index in [1.165, 1.54) is 0 Å². The predicted molar refractivity (Wildman–Crippen MR) is 105 cm³/mol. The van der Waals surface area contributed by atoms with Crippen molar-refractivity contribution in [3.8, 4) is 0 Å². The molecular weight excluding hydrogens is 443 g/mol. The number of alkyl halides is 1. The molecule has 0 aromatic heterocycles. The molecule has 26 heavy (non-hydrogen) atoms. The Morgan fingerprint density at radius 2 is 1.85 bits per heavy atom. The van der Waals surface area contributed by atoms with E-state index in [0.29, 0.717) is 21.3 Å². The summed E-state index contributed by atoms with van der Waals surface area (Å²) in [4.78, 5) is 11.5. The average molecular weight is 458 g/mol. The van der Waals surface area contributed by atoms with Crippen molar-refractivity contribution in [1.29, 1.82) is 0 Å². The van der Waals surface area contributed by atoms with E-state index < -0.39 is 10.8 Å². The Balaban J connectivity index is 2.41. The summed E-state index contributed by atoms with van der Waals surface area (Å²) in [5, 5.41) is 19.3. The minimum atomic E-state index is -0.792. The molecule has 0 saturated carbocycles. The summed E-state index contributed by atoms with van der Waals surface area (Å²) in [6.07, 6.45) is 0. The second-order valence-electron chi connectivity index (χ2n) is 5.02. The first-order valence-corrected chi connectivity index (χ1v) is 9.27. The topological polar surface area (TPSA) is 71.2 Å². The van der Waals surface area contributed by atoms with Gasteiger partial charge in [-0.05, 0) is 36.8 Å². The van der Waals surface area contributed by atoms with Crippen LogP contribution in [0.2, 0.25) is 10.0 Å². The summed E-state index contributed by atoms with van der Waals surface area (Å²) in [6.45, 7) is 1.79. The molecule has 5 nitrogen and oxygen atoms in total. The van der Waals surface area contributed by atoms with Gasteiger partial charge in [-0.25, -0.2) is 4.79 Å². The number of hydrogen-bond acceptors (Lipinski definition) is 5. The zero-order chi connectivity index (χ0) is 19.1. The number of nitrogens with zero attached hydrogens (tertiary/aromatic N) is 2. The average Bonchev–Trinajstić information content (AvgIpc) is 2.63. The summed E-state index contributed by atoms with van der Waals surface area (Å²) < 4.78 is 4.96. The third-order valence-corrected chi connectivity index (χ3v) is 4.76. The number of ether oxygens (including phenoxy) is 1. The van der Waals surface area contributed by atoms with Crippen LogP contribution in [0.25, 0.3) is 0 Å². The molecule has 2 aromatic carbocycles. The lowest BCUT2D eigenvalue weighted by molar-refractivity contribution is -0.138. The quantitative estimate of drug-likeness (QED) is 0.176. The van der Waals surface area contributed by atoms with E-state index in [4.69, 9.17) is 27.9 Å². The van der Waals surface area contributed by atoms with Gasteiger partial charge < -0.3 is 9.84 Å². The van der Waals surface area contributed by atoms with Gasteiger partial charge in [0, 0.05) is 5.02 Å². The molecule has 1 unspecified atom stereocenters. The lowest BCUT2D eigenvalue weighted by Crippen LogP contribution is -2.10. The number of hydrogen-bond donors (Lipinski definition) is 1. The van der Waals surface area contributed by atoms with Gasteiger partial charge in [-0.2, -0.15) is 0 Å². The van der Waals surface area contributed by atoms with E-state index >= 15 is 0 Å². The summed E-state index contributed by atoms with van der Waals surface area (Å²) in [7, 11) is 0. The molecule has 0 saturated heterocycles. The standard InChI is InChI=1S/C18H15BrCl2N2O3/c1-2-26-18(25)16(23-22-14-6-4-3-5-13(14)21)17(24)15(19)11-7-9-12(20)10-8-11/h3-10,15,24H,2H2,1H3/b17-16-,23-22?. The van der Waals surface area contributed by atoms with Gasteiger partial charge in [-0.1, -0.05) is 63.4 Å². The highest BCUT2D eigenvalue weighted by Gasteiger charge is 2.23. The Kier molecular flexibility index (Phi) is 7.63. The van der Waals surface area contributed by atoms with E-state index in [-0.39, 0.29) is 18.1 Å². The van der Waals surface area contributed by atoms with Gasteiger partial charge in [0.05, 0.1) is 16.5 Å². The lowest BCUT2D eigenvalue weighted by Gasteiger charge is -2.12. The maximum atomic E-state index is 12.2. The summed E-state index contributed by atoms with van der Waals surface area (Å²) in [6, 6.07) is 13.5. The molecule has 2 aromatic rings. The SMILES string of the molecule is CCOC(=O)/C(N=Nc1ccccc1Cl)=C(/O)C(Br)c1ccc(Cl)cc1. The number of carbonyl (C=O) groups excluding carboxylic acids is 1. The van der Waals surface area contributed by atoms with Crippen molar-refractivity contribution in [3.63, 3.8) is 0 Å². The number of aliphatic hydroxyl groups is 1. The number of benzene rings is 2. The zero-order valence-corrected chi connectivity index (χ0v) is 16.8. The van der Waals surface area contributed by atoms with Crippen molar-refractivity contribution in [2.45, 2.75) is 11.8 Å². The van der Waals surface area contributed by atoms with Crippen LogP contribution in [-0.4, -0.2) is 17.7 Å². The second-order valence-corrected chi connectivity index (χ2v) is 6.78. The Morgan fingerprint density at radius 3 is 2.46 bits per heavy atom. The van der Waals surface area contributed by atoms with Crippen LogP contribution >= 0.6 is 39.1 Å². The molecule has 0 spiro atoms. The number of halogens is 3. The van der Waals surface area contributed by atoms with Crippen LogP contribution in [0.15, 0.2) is 70.2 Å². The minimum Gasteiger partial charge on any atom is -0.508 e. The lowest BCUT2D eigenvalue weighted by atomic mass is 10.1. The van der Waals surface area contributed by atoms with E-state index in [2.05, 4.69) is 26.2 Å². The van der Waals surface area contributed by atoms with E-state index in [1.807, 2.05) is 0 Å². The third-order valence-electron chi connectivity index (χ3n) is 3.22. The molecule has 0 radical (unpaired) electrons. The van der Waals surface area contributed by atoms with Gasteiger partial charge in [-0.3, -0.25) is 0 Å². The van der Waals surface area contributed by atoms with Gasteiger partial charge in [0.1, 0.15) is 11.4 Å². The van der Waals surface area contributed by atoms with Crippen LogP contribution in [0.1, 0.15) is 17.3 Å². The normalized spacial score (nSPS) is 13.4. The van der Waals surface area contributed by atoms with E-state index in [1.54, 1.807) is 55.5 Å². The van der Waals surface area contributed by atoms with Crippen molar-refractivity contribution >= 4 is 50.8 Å². The summed E-state index contributed by atoms with van der Waals surface area (Å²) >= 11 is 15.3. The summed E-state index contributed by atoms with van der Waals surface area (Å²) in [5.74, 6) is -1.12. The monoisotopic (exact) mass is 456 g/mol. The molecule has 0 heterocycles. The zero-order valence-electron chi connectivity index (χ0n) is 13.7. The highest BCUT2D eigenvalue weighted by atomic mass is 79.9. The molecular formula is C18H15BrCl2N2O3. The molecule has 1 N–H and O–H groups in total. The predicted octanol–water partition coefficient (Wildman–Crippen LogP) is 6.55. The number of esters is 1. The number of allylic oxidation sites excluding steroid dienone is 1. The van der Waals surface area contributed by atoms with Crippen molar-refractivity contribution in [2.75, 3.05) is 6.61 Å². The first-order valence-electron chi connectivity index (χ1n) is 7.60. The third kappa shape index (κ3) is 5.30. The maximum Gasteiger partial charge on any atom is 0.362 e. The Labute approximate surface area is 169 Å². The highest BCUT2D eigenvalue weighted by molar-refractivity contribution is 9.09. The van der Waals surface area contributed by atoms with E-state index in [9.17, 15) is 9.90 Å². The van der Waals surface area contributed by atoms with Gasteiger partial charge in [0.2, 0.25) is 5.70 Å². The number of aliphatic hydroxyl groups excluding tert-OH is 1. The van der Waals surface area contributed by atoms with Crippen LogP contribution in [0.3, 0.4) is 0 Å². The van der Waals surface area contributed by atoms with Crippen LogP contribution in [0, 0.1) is 0 Å². The molecule has 136 valence electrons. The van der Waals surface area contributed by atoms with E-state index in [0.717, 1.165) is 0 Å². The molecule has 0 fully saturated rings. The molecule has 0 aliphatic carbocycles. The molecule has 0 aliphatic heterocycles. The van der Waals surface area contributed by atoms with Crippen molar-refractivity contribution in [1.82, 2.24) is 0 Å². The molecule has 2 rings (SSSR count). The van der Waals surface area contributed by atoms with Crippen LogP contribution in [0.4, 0.5) is 5.69 Å². The number of azo groups is 1. The second kappa shape index (κ2) is 9.71. The van der Waals surface area contributed by atoms with Crippen LogP contribution in [-0.2, 0) is 9.53 Å². The minimum absolute atomic E-state index is 0.130. The molecule has 0 aliphatic rings. The van der Waals surface area contributed by atoms with Crippen molar-refractivity contribution in [2.24, 2.45) is 10.2 Å². The summed E-state index contributed by atoms with van der Waals surface area (Å²) in [5.41, 5.74) is 0.728. The smallest absolute Gasteiger partial charge is 0.362 e. The number of rotatable bonds is 6. The fourth-order valence-corrected chi connectivity index (χ4v) is 2.76. The first-order chi connectivity index (χ1) is 12.4. The molecule has 0 amide bonds. The van der Waals surface area contributed by atoms with Gasteiger partial charge >= 0.3 is 5.97 Å².